The van der Waals surface area contributed by atoms with Crippen LogP contribution in [0.5, 0.6) is 0 Å². The van der Waals surface area contributed by atoms with Crippen molar-refractivity contribution >= 4 is 45.7 Å². The summed E-state index contributed by atoms with van der Waals surface area (Å²) in [5.74, 6) is 0.102. The zero-order chi connectivity index (χ0) is 19.0. The molecule has 0 bridgehead atoms. The first-order valence-electron chi connectivity index (χ1n) is 8.41. The molecule has 0 atom stereocenters. The Kier molecular flexibility index (Phi) is 4.72. The molecule has 1 aromatic heterocycles. The highest BCUT2D eigenvalue weighted by molar-refractivity contribution is 8.00. The molecule has 1 aliphatic rings. The summed E-state index contributed by atoms with van der Waals surface area (Å²) in [5.41, 5.74) is 5.48. The summed E-state index contributed by atoms with van der Waals surface area (Å²) in [6.45, 7) is 4.15. The number of thiazole rings is 1. The highest BCUT2D eigenvalue weighted by Gasteiger charge is 2.18. The Labute approximate surface area is 165 Å². The quantitative estimate of drug-likeness (QED) is 0.673. The van der Waals surface area contributed by atoms with E-state index in [0.29, 0.717) is 22.1 Å². The number of carbonyl (C=O) groups is 2. The first kappa shape index (κ1) is 17.8. The molecule has 0 radical (unpaired) electrons. The van der Waals surface area contributed by atoms with E-state index >= 15 is 0 Å². The van der Waals surface area contributed by atoms with Gasteiger partial charge in [-0.25, -0.2) is 4.98 Å². The topological polar surface area (TPSA) is 71.1 Å². The third-order valence-corrected chi connectivity index (χ3v) is 6.23. The molecule has 4 rings (SSSR count). The lowest BCUT2D eigenvalue weighted by Gasteiger charge is -2.16. The van der Waals surface area contributed by atoms with E-state index in [0.717, 1.165) is 16.2 Å². The summed E-state index contributed by atoms with van der Waals surface area (Å²) < 4.78 is 0. The minimum Gasteiger partial charge on any atom is -0.324 e. The fraction of sp³-hybridized carbons (Fsp3) is 0.150. The van der Waals surface area contributed by atoms with E-state index in [9.17, 15) is 9.59 Å². The Bertz CT molecular complexity index is 1060. The van der Waals surface area contributed by atoms with Crippen molar-refractivity contribution in [1.82, 2.24) is 4.98 Å². The van der Waals surface area contributed by atoms with E-state index in [-0.39, 0.29) is 11.8 Å². The van der Waals surface area contributed by atoms with Crippen LogP contribution in [0.25, 0.3) is 11.3 Å². The predicted molar refractivity (Wildman–Crippen MR) is 111 cm³/mol. The third kappa shape index (κ3) is 3.74. The van der Waals surface area contributed by atoms with Crippen LogP contribution < -0.4 is 10.6 Å². The van der Waals surface area contributed by atoms with Crippen molar-refractivity contribution in [2.45, 2.75) is 18.7 Å². The van der Waals surface area contributed by atoms with Crippen LogP contribution in [0.15, 0.2) is 46.7 Å². The van der Waals surface area contributed by atoms with Crippen molar-refractivity contribution in [2.75, 3.05) is 16.4 Å². The zero-order valence-electron chi connectivity index (χ0n) is 14.8. The number of anilines is 2. The Morgan fingerprint density at radius 2 is 2.00 bits per heavy atom. The number of fused-ring (bicyclic) bond motifs is 1. The standard InChI is InChI=1S/C20H17N3O2S2/c1-11-3-4-13(7-12(11)2)16-9-27-20(22-16)23-19(25)14-5-6-17-15(8-14)21-18(24)10-26-17/h3-9H,10H2,1-2H3,(H,21,24)(H,22,23,25). The molecule has 0 fully saturated rings. The molecule has 2 aromatic carbocycles. The van der Waals surface area contributed by atoms with E-state index in [1.807, 2.05) is 17.5 Å². The van der Waals surface area contributed by atoms with Gasteiger partial charge in [0.2, 0.25) is 5.91 Å². The summed E-state index contributed by atoms with van der Waals surface area (Å²) in [5, 5.41) is 8.12. The van der Waals surface area contributed by atoms with Gasteiger partial charge in [0, 0.05) is 21.4 Å². The molecule has 27 heavy (non-hydrogen) atoms. The minimum atomic E-state index is -0.247. The number of aryl methyl sites for hydroxylation is 2. The monoisotopic (exact) mass is 395 g/mol. The van der Waals surface area contributed by atoms with Crippen molar-refractivity contribution < 1.29 is 9.59 Å². The smallest absolute Gasteiger partial charge is 0.257 e. The molecule has 0 aliphatic carbocycles. The Hall–Kier alpha value is -2.64. The average molecular weight is 396 g/mol. The van der Waals surface area contributed by atoms with Gasteiger partial charge in [0.15, 0.2) is 5.13 Å². The molecular formula is C20H17N3O2S2. The molecule has 1 aliphatic heterocycles. The van der Waals surface area contributed by atoms with Crippen LogP contribution in [0.4, 0.5) is 10.8 Å². The lowest BCUT2D eigenvalue weighted by Crippen LogP contribution is -2.19. The van der Waals surface area contributed by atoms with Gasteiger partial charge >= 0.3 is 0 Å². The van der Waals surface area contributed by atoms with Gasteiger partial charge in [0.25, 0.3) is 5.91 Å². The SMILES string of the molecule is Cc1ccc(-c2csc(NC(=O)c3ccc4c(c3)NC(=O)CS4)n2)cc1C. The van der Waals surface area contributed by atoms with Crippen LogP contribution in [-0.2, 0) is 4.79 Å². The number of thioether (sulfide) groups is 1. The van der Waals surface area contributed by atoms with E-state index in [4.69, 9.17) is 0 Å². The van der Waals surface area contributed by atoms with Crippen molar-refractivity contribution in [2.24, 2.45) is 0 Å². The second kappa shape index (κ2) is 7.17. The van der Waals surface area contributed by atoms with E-state index in [2.05, 4.69) is 41.6 Å². The molecule has 2 heterocycles. The number of aromatic nitrogens is 1. The van der Waals surface area contributed by atoms with Crippen molar-refractivity contribution in [3.8, 4) is 11.3 Å². The molecule has 136 valence electrons. The summed E-state index contributed by atoms with van der Waals surface area (Å²) >= 11 is 2.86. The van der Waals surface area contributed by atoms with Gasteiger partial charge in [-0.2, -0.15) is 0 Å². The zero-order valence-corrected chi connectivity index (χ0v) is 16.5. The van der Waals surface area contributed by atoms with Gasteiger partial charge in [-0.1, -0.05) is 12.1 Å². The largest absolute Gasteiger partial charge is 0.324 e. The van der Waals surface area contributed by atoms with Gasteiger partial charge in [0.1, 0.15) is 0 Å². The van der Waals surface area contributed by atoms with Crippen LogP contribution in [0.2, 0.25) is 0 Å². The Morgan fingerprint density at radius 1 is 1.15 bits per heavy atom. The fourth-order valence-corrected chi connectivity index (χ4v) is 4.26. The van der Waals surface area contributed by atoms with Crippen LogP contribution >= 0.6 is 23.1 Å². The Balaban J connectivity index is 1.52. The number of benzene rings is 2. The number of nitrogens with one attached hydrogen (secondary N) is 2. The normalized spacial score (nSPS) is 13.0. The molecule has 2 N–H and O–H groups in total. The third-order valence-electron chi connectivity index (χ3n) is 4.40. The molecule has 5 nitrogen and oxygen atoms in total. The van der Waals surface area contributed by atoms with Crippen LogP contribution in [0.1, 0.15) is 21.5 Å². The highest BCUT2D eigenvalue weighted by atomic mass is 32.2. The lowest BCUT2D eigenvalue weighted by atomic mass is 10.1. The number of rotatable bonds is 3. The van der Waals surface area contributed by atoms with Gasteiger partial charge in [0.05, 0.1) is 17.1 Å². The highest BCUT2D eigenvalue weighted by Crippen LogP contribution is 2.32. The number of hydrogen-bond acceptors (Lipinski definition) is 5. The van der Waals surface area contributed by atoms with Gasteiger partial charge < -0.3 is 5.32 Å². The van der Waals surface area contributed by atoms with Crippen molar-refractivity contribution in [1.29, 1.82) is 0 Å². The predicted octanol–water partition coefficient (Wildman–Crippen LogP) is 4.72. The van der Waals surface area contributed by atoms with Gasteiger partial charge in [-0.15, -0.1) is 23.1 Å². The van der Waals surface area contributed by atoms with Crippen molar-refractivity contribution in [3.05, 3.63) is 58.5 Å². The first-order valence-corrected chi connectivity index (χ1v) is 10.3. The van der Waals surface area contributed by atoms with Crippen molar-refractivity contribution in [3.63, 3.8) is 0 Å². The van der Waals surface area contributed by atoms with E-state index in [1.165, 1.54) is 34.2 Å². The average Bonchev–Trinajstić information content (AvgIpc) is 3.11. The van der Waals surface area contributed by atoms with E-state index < -0.39 is 0 Å². The molecular weight excluding hydrogens is 378 g/mol. The summed E-state index contributed by atoms with van der Waals surface area (Å²) in [6, 6.07) is 11.5. The molecule has 0 spiro atoms. The Morgan fingerprint density at radius 3 is 2.81 bits per heavy atom. The molecule has 0 unspecified atom stereocenters. The number of amides is 2. The molecule has 0 saturated heterocycles. The summed E-state index contributed by atoms with van der Waals surface area (Å²) in [7, 11) is 0. The first-order chi connectivity index (χ1) is 13.0. The lowest BCUT2D eigenvalue weighted by molar-refractivity contribution is -0.113. The maximum atomic E-state index is 12.6. The molecule has 7 heteroatoms. The second-order valence-electron chi connectivity index (χ2n) is 6.34. The molecule has 3 aromatic rings. The van der Waals surface area contributed by atoms with Crippen LogP contribution in [-0.4, -0.2) is 22.6 Å². The minimum absolute atomic E-state index is 0.0528. The summed E-state index contributed by atoms with van der Waals surface area (Å²) in [4.78, 5) is 29.6. The fourth-order valence-electron chi connectivity index (χ4n) is 2.76. The number of nitrogens with zero attached hydrogens (tertiary/aromatic N) is 1. The molecule has 2 amide bonds. The molecule has 0 saturated carbocycles. The van der Waals surface area contributed by atoms with Gasteiger partial charge in [-0.3, -0.25) is 14.9 Å². The summed E-state index contributed by atoms with van der Waals surface area (Å²) in [6.07, 6.45) is 0. The van der Waals surface area contributed by atoms with Gasteiger partial charge in [-0.05, 0) is 49.2 Å². The number of carbonyl (C=O) groups excluding carboxylic acids is 2. The van der Waals surface area contributed by atoms with Crippen LogP contribution in [0, 0.1) is 13.8 Å². The second-order valence-corrected chi connectivity index (χ2v) is 8.21. The van der Waals surface area contributed by atoms with E-state index in [1.54, 1.807) is 12.1 Å². The maximum absolute atomic E-state index is 12.6. The maximum Gasteiger partial charge on any atom is 0.257 e. The van der Waals surface area contributed by atoms with Crippen LogP contribution in [0.3, 0.4) is 0 Å². The number of hydrogen-bond donors (Lipinski definition) is 2.